The Morgan fingerprint density at radius 2 is 2.18 bits per heavy atom. The molecule has 0 radical (unpaired) electrons. The van der Waals surface area contributed by atoms with Crippen molar-refractivity contribution in [1.82, 2.24) is 15.0 Å². The number of aromatic carboxylic acids is 1. The first kappa shape index (κ1) is 14.6. The van der Waals surface area contributed by atoms with Gasteiger partial charge in [-0.05, 0) is 31.4 Å². The number of aromatic nitrogens is 3. The number of hydrogen-bond donors (Lipinski definition) is 1. The van der Waals surface area contributed by atoms with Gasteiger partial charge in [0.2, 0.25) is 0 Å². The lowest BCUT2D eigenvalue weighted by molar-refractivity contribution is 0.0687. The molecule has 1 aromatic heterocycles. The van der Waals surface area contributed by atoms with Crippen LogP contribution in [0.5, 0.6) is 5.75 Å². The third kappa shape index (κ3) is 2.56. The molecule has 6 heteroatoms. The quantitative estimate of drug-likeness (QED) is 0.887. The lowest BCUT2D eigenvalue weighted by atomic mass is 9.82. The number of nitrogens with zero attached hydrogens (tertiary/aromatic N) is 3. The molecule has 6 nitrogen and oxygen atoms in total. The van der Waals surface area contributed by atoms with Gasteiger partial charge in [0.15, 0.2) is 5.69 Å². The maximum atomic E-state index is 11.4. The van der Waals surface area contributed by atoms with E-state index >= 15 is 0 Å². The van der Waals surface area contributed by atoms with E-state index in [1.165, 1.54) is 0 Å². The second-order valence-corrected chi connectivity index (χ2v) is 5.48. The molecule has 22 heavy (non-hydrogen) atoms. The van der Waals surface area contributed by atoms with Gasteiger partial charge in [0.25, 0.3) is 0 Å². The summed E-state index contributed by atoms with van der Waals surface area (Å²) in [5, 5.41) is 17.3. The van der Waals surface area contributed by atoms with Gasteiger partial charge in [0.1, 0.15) is 11.4 Å². The molecule has 1 aliphatic carbocycles. The molecular weight excluding hydrogens is 282 g/mol. The predicted octanol–water partition coefficient (Wildman–Crippen LogP) is 3.02. The van der Waals surface area contributed by atoms with Gasteiger partial charge >= 0.3 is 5.97 Å². The SMILES string of the molecule is CCCOc1ccccc1-n1nnc(C(=O)O)c1C1CCC1. The zero-order chi connectivity index (χ0) is 15.5. The highest BCUT2D eigenvalue weighted by atomic mass is 16.5. The van der Waals surface area contributed by atoms with E-state index in [0.717, 1.165) is 31.4 Å². The first-order valence-electron chi connectivity index (χ1n) is 7.63. The average Bonchev–Trinajstić information content (AvgIpc) is 2.88. The summed E-state index contributed by atoms with van der Waals surface area (Å²) in [6, 6.07) is 7.54. The van der Waals surface area contributed by atoms with Gasteiger partial charge in [0, 0.05) is 5.92 Å². The first-order chi connectivity index (χ1) is 10.7. The summed E-state index contributed by atoms with van der Waals surface area (Å²) < 4.78 is 7.40. The third-order valence-electron chi connectivity index (χ3n) is 3.95. The number of carboxylic acid groups (broad SMARTS) is 1. The van der Waals surface area contributed by atoms with Crippen LogP contribution in [0.15, 0.2) is 24.3 Å². The van der Waals surface area contributed by atoms with E-state index in [9.17, 15) is 9.90 Å². The minimum Gasteiger partial charge on any atom is -0.491 e. The molecule has 0 atom stereocenters. The van der Waals surface area contributed by atoms with Crippen molar-refractivity contribution in [2.45, 2.75) is 38.5 Å². The Bertz CT molecular complexity index is 677. The zero-order valence-electron chi connectivity index (χ0n) is 12.5. The molecular formula is C16H19N3O3. The van der Waals surface area contributed by atoms with E-state index in [1.807, 2.05) is 31.2 Å². The van der Waals surface area contributed by atoms with Gasteiger partial charge in [-0.15, -0.1) is 5.10 Å². The van der Waals surface area contributed by atoms with Crippen molar-refractivity contribution < 1.29 is 14.6 Å². The molecule has 1 N–H and O–H groups in total. The topological polar surface area (TPSA) is 77.2 Å². The van der Waals surface area contributed by atoms with Crippen LogP contribution in [0, 0.1) is 0 Å². The molecule has 2 aromatic rings. The second-order valence-electron chi connectivity index (χ2n) is 5.48. The molecule has 0 spiro atoms. The van der Waals surface area contributed by atoms with E-state index in [-0.39, 0.29) is 11.6 Å². The van der Waals surface area contributed by atoms with Crippen LogP contribution >= 0.6 is 0 Å². The van der Waals surface area contributed by atoms with Gasteiger partial charge < -0.3 is 9.84 Å². The zero-order valence-corrected chi connectivity index (χ0v) is 12.5. The largest absolute Gasteiger partial charge is 0.491 e. The summed E-state index contributed by atoms with van der Waals surface area (Å²) in [6.45, 7) is 2.65. The predicted molar refractivity (Wildman–Crippen MR) is 80.7 cm³/mol. The number of para-hydroxylation sites is 2. The third-order valence-corrected chi connectivity index (χ3v) is 3.95. The van der Waals surface area contributed by atoms with Gasteiger partial charge in [-0.3, -0.25) is 0 Å². The van der Waals surface area contributed by atoms with Crippen molar-refractivity contribution in [3.05, 3.63) is 35.7 Å². The van der Waals surface area contributed by atoms with Crippen molar-refractivity contribution in [2.75, 3.05) is 6.61 Å². The Morgan fingerprint density at radius 3 is 2.82 bits per heavy atom. The average molecular weight is 301 g/mol. The molecule has 1 saturated carbocycles. The van der Waals surface area contributed by atoms with E-state index in [0.29, 0.717) is 18.1 Å². The van der Waals surface area contributed by atoms with Crippen LogP contribution in [-0.2, 0) is 0 Å². The molecule has 0 saturated heterocycles. The molecule has 1 aromatic carbocycles. The maximum absolute atomic E-state index is 11.4. The highest BCUT2D eigenvalue weighted by molar-refractivity contribution is 5.87. The smallest absolute Gasteiger partial charge is 0.358 e. The Hall–Kier alpha value is -2.37. The fraction of sp³-hybridized carbons (Fsp3) is 0.438. The van der Waals surface area contributed by atoms with Crippen LogP contribution in [0.25, 0.3) is 5.69 Å². The van der Waals surface area contributed by atoms with E-state index in [2.05, 4.69) is 10.3 Å². The van der Waals surface area contributed by atoms with Gasteiger partial charge in [-0.25, -0.2) is 9.48 Å². The van der Waals surface area contributed by atoms with Crippen molar-refractivity contribution in [3.63, 3.8) is 0 Å². The number of benzene rings is 1. The normalized spacial score (nSPS) is 14.6. The molecule has 116 valence electrons. The van der Waals surface area contributed by atoms with Crippen LogP contribution < -0.4 is 4.74 Å². The summed E-state index contributed by atoms with van der Waals surface area (Å²) in [5.41, 5.74) is 1.49. The standard InChI is InChI=1S/C16H19N3O3/c1-2-10-22-13-9-4-3-8-12(13)19-15(11-6-5-7-11)14(16(20)21)17-18-19/h3-4,8-9,11H,2,5-7,10H2,1H3,(H,20,21). The maximum Gasteiger partial charge on any atom is 0.358 e. The minimum atomic E-state index is -1.03. The number of carboxylic acids is 1. The summed E-state index contributed by atoms with van der Waals surface area (Å²) in [5.74, 6) is -0.118. The number of rotatable bonds is 6. The summed E-state index contributed by atoms with van der Waals surface area (Å²) in [7, 11) is 0. The first-order valence-corrected chi connectivity index (χ1v) is 7.63. The van der Waals surface area contributed by atoms with Crippen LogP contribution in [0.3, 0.4) is 0 Å². The monoisotopic (exact) mass is 301 g/mol. The molecule has 0 unspecified atom stereocenters. The number of carbonyl (C=O) groups is 1. The van der Waals surface area contributed by atoms with E-state index < -0.39 is 5.97 Å². The highest BCUT2D eigenvalue weighted by Gasteiger charge is 2.31. The lowest BCUT2D eigenvalue weighted by Crippen LogP contribution is -2.18. The summed E-state index contributed by atoms with van der Waals surface area (Å²) >= 11 is 0. The number of ether oxygens (including phenoxy) is 1. The van der Waals surface area contributed by atoms with E-state index in [4.69, 9.17) is 4.74 Å². The molecule has 0 amide bonds. The Balaban J connectivity index is 2.06. The molecule has 1 fully saturated rings. The molecule has 0 aliphatic heterocycles. The van der Waals surface area contributed by atoms with Crippen LogP contribution in [0.2, 0.25) is 0 Å². The number of hydrogen-bond acceptors (Lipinski definition) is 4. The fourth-order valence-electron chi connectivity index (χ4n) is 2.63. The second kappa shape index (κ2) is 6.17. The van der Waals surface area contributed by atoms with Crippen molar-refractivity contribution in [3.8, 4) is 11.4 Å². The Labute approximate surface area is 128 Å². The fourth-order valence-corrected chi connectivity index (χ4v) is 2.63. The van der Waals surface area contributed by atoms with Crippen molar-refractivity contribution in [1.29, 1.82) is 0 Å². The Morgan fingerprint density at radius 1 is 1.41 bits per heavy atom. The molecule has 1 aliphatic rings. The van der Waals surface area contributed by atoms with E-state index in [1.54, 1.807) is 4.68 Å². The van der Waals surface area contributed by atoms with Crippen LogP contribution in [0.1, 0.15) is 54.7 Å². The lowest BCUT2D eigenvalue weighted by Gasteiger charge is -2.26. The summed E-state index contributed by atoms with van der Waals surface area (Å²) in [6.07, 6.45) is 3.97. The Kier molecular flexibility index (Phi) is 4.09. The van der Waals surface area contributed by atoms with Crippen LogP contribution in [-0.4, -0.2) is 32.7 Å². The van der Waals surface area contributed by atoms with Gasteiger partial charge in [-0.2, -0.15) is 0 Å². The minimum absolute atomic E-state index is 0.0509. The van der Waals surface area contributed by atoms with Crippen molar-refractivity contribution >= 4 is 5.97 Å². The van der Waals surface area contributed by atoms with Gasteiger partial charge in [0.05, 0.1) is 12.3 Å². The summed E-state index contributed by atoms with van der Waals surface area (Å²) in [4.78, 5) is 11.4. The molecule has 0 bridgehead atoms. The highest BCUT2D eigenvalue weighted by Crippen LogP contribution is 2.39. The molecule has 1 heterocycles. The van der Waals surface area contributed by atoms with Crippen molar-refractivity contribution in [2.24, 2.45) is 0 Å². The van der Waals surface area contributed by atoms with Gasteiger partial charge in [-0.1, -0.05) is 30.7 Å². The molecule has 3 rings (SSSR count). The van der Waals surface area contributed by atoms with Crippen LogP contribution in [0.4, 0.5) is 0 Å².